The Labute approximate surface area is 119 Å². The van der Waals surface area contributed by atoms with Gasteiger partial charge in [-0.2, -0.15) is 0 Å². The lowest BCUT2D eigenvalue weighted by atomic mass is 10.0. The van der Waals surface area contributed by atoms with Crippen molar-refractivity contribution in [2.75, 3.05) is 13.1 Å². The van der Waals surface area contributed by atoms with Gasteiger partial charge in [-0.05, 0) is 50.3 Å². The van der Waals surface area contributed by atoms with Gasteiger partial charge >= 0.3 is 0 Å². The maximum atomic E-state index is 12.5. The summed E-state index contributed by atoms with van der Waals surface area (Å²) in [6.45, 7) is 4.96. The maximum absolute atomic E-state index is 12.5. The maximum Gasteiger partial charge on any atom is 0.254 e. The number of piperidine rings is 1. The van der Waals surface area contributed by atoms with Gasteiger partial charge in [0.25, 0.3) is 5.91 Å². The predicted molar refractivity (Wildman–Crippen MR) is 77.0 cm³/mol. The topological polar surface area (TPSA) is 80.5 Å². The van der Waals surface area contributed by atoms with Crippen molar-refractivity contribution in [2.24, 2.45) is 5.14 Å². The van der Waals surface area contributed by atoms with E-state index < -0.39 is 10.0 Å². The molecule has 1 aromatic rings. The smallest absolute Gasteiger partial charge is 0.254 e. The van der Waals surface area contributed by atoms with Crippen LogP contribution in [0.15, 0.2) is 17.0 Å². The number of likely N-dealkylation sites (tertiary alicyclic amines) is 1. The fourth-order valence-electron chi connectivity index (χ4n) is 2.64. The third-order valence-corrected chi connectivity index (χ3v) is 4.76. The zero-order chi connectivity index (χ0) is 14.9. The second-order valence-electron chi connectivity index (χ2n) is 5.33. The van der Waals surface area contributed by atoms with Gasteiger partial charge in [0.1, 0.15) is 0 Å². The van der Waals surface area contributed by atoms with Crippen molar-refractivity contribution in [1.82, 2.24) is 4.90 Å². The lowest BCUT2D eigenvalue weighted by Gasteiger charge is -2.27. The molecule has 1 heterocycles. The van der Waals surface area contributed by atoms with E-state index in [9.17, 15) is 13.2 Å². The molecular formula is C14H20N2O3S. The molecule has 1 aliphatic heterocycles. The minimum atomic E-state index is -3.81. The number of carbonyl (C=O) groups excluding carboxylic acids is 1. The fraction of sp³-hybridized carbons (Fsp3) is 0.500. The fourth-order valence-corrected chi connectivity index (χ4v) is 3.43. The van der Waals surface area contributed by atoms with Gasteiger partial charge < -0.3 is 4.90 Å². The number of carbonyl (C=O) groups is 1. The molecule has 1 aromatic carbocycles. The van der Waals surface area contributed by atoms with Crippen LogP contribution in [0.4, 0.5) is 0 Å². The molecule has 0 atom stereocenters. The standard InChI is InChI=1S/C14H20N2O3S/c1-10-8-11(2)13(20(15,18)19)9-12(10)14(17)16-6-4-3-5-7-16/h8-9H,3-7H2,1-2H3,(H2,15,18,19). The van der Waals surface area contributed by atoms with Crippen molar-refractivity contribution in [3.63, 3.8) is 0 Å². The Morgan fingerprint density at radius 1 is 1.10 bits per heavy atom. The minimum absolute atomic E-state index is 0.0310. The van der Waals surface area contributed by atoms with Crippen molar-refractivity contribution >= 4 is 15.9 Å². The third-order valence-electron chi connectivity index (χ3n) is 3.70. The highest BCUT2D eigenvalue weighted by atomic mass is 32.2. The number of primary sulfonamides is 1. The second-order valence-corrected chi connectivity index (χ2v) is 6.86. The summed E-state index contributed by atoms with van der Waals surface area (Å²) < 4.78 is 23.1. The van der Waals surface area contributed by atoms with E-state index >= 15 is 0 Å². The molecule has 20 heavy (non-hydrogen) atoms. The molecule has 2 N–H and O–H groups in total. The average Bonchev–Trinajstić information content (AvgIpc) is 2.37. The Bertz CT molecular complexity index is 632. The zero-order valence-corrected chi connectivity index (χ0v) is 12.7. The van der Waals surface area contributed by atoms with E-state index in [0.29, 0.717) is 11.1 Å². The Hall–Kier alpha value is -1.40. The second kappa shape index (κ2) is 5.54. The molecule has 0 aromatic heterocycles. The molecule has 2 rings (SSSR count). The molecule has 0 radical (unpaired) electrons. The monoisotopic (exact) mass is 296 g/mol. The number of nitrogens with zero attached hydrogens (tertiary/aromatic N) is 1. The van der Waals surface area contributed by atoms with Crippen molar-refractivity contribution < 1.29 is 13.2 Å². The highest BCUT2D eigenvalue weighted by Crippen LogP contribution is 2.22. The van der Waals surface area contributed by atoms with E-state index in [-0.39, 0.29) is 10.8 Å². The summed E-state index contributed by atoms with van der Waals surface area (Å²) in [5.74, 6) is -0.105. The first kappa shape index (κ1) is 15.0. The molecule has 0 unspecified atom stereocenters. The van der Waals surface area contributed by atoms with Crippen LogP contribution in [0, 0.1) is 13.8 Å². The van der Waals surface area contributed by atoms with Gasteiger partial charge in [-0.15, -0.1) is 0 Å². The van der Waals surface area contributed by atoms with Crippen LogP contribution in [0.1, 0.15) is 40.7 Å². The molecule has 1 fully saturated rings. The van der Waals surface area contributed by atoms with Crippen LogP contribution in [0.2, 0.25) is 0 Å². The molecule has 1 amide bonds. The molecule has 1 saturated heterocycles. The molecular weight excluding hydrogens is 276 g/mol. The van der Waals surface area contributed by atoms with Crippen LogP contribution >= 0.6 is 0 Å². The quantitative estimate of drug-likeness (QED) is 0.899. The average molecular weight is 296 g/mol. The summed E-state index contributed by atoms with van der Waals surface area (Å²) in [5.41, 5.74) is 1.78. The first-order chi connectivity index (χ1) is 9.30. The number of aryl methyl sites for hydroxylation is 2. The molecule has 0 spiro atoms. The molecule has 0 aliphatic carbocycles. The molecule has 110 valence electrons. The summed E-state index contributed by atoms with van der Waals surface area (Å²) in [6, 6.07) is 3.12. The lowest BCUT2D eigenvalue weighted by Crippen LogP contribution is -2.36. The van der Waals surface area contributed by atoms with Crippen LogP contribution in [0.5, 0.6) is 0 Å². The zero-order valence-electron chi connectivity index (χ0n) is 11.8. The number of sulfonamides is 1. The normalized spacial score (nSPS) is 16.2. The molecule has 0 bridgehead atoms. The van der Waals surface area contributed by atoms with Gasteiger partial charge in [-0.3, -0.25) is 4.79 Å². The first-order valence-electron chi connectivity index (χ1n) is 6.74. The van der Waals surface area contributed by atoms with Crippen molar-refractivity contribution in [3.05, 3.63) is 28.8 Å². The van der Waals surface area contributed by atoms with E-state index in [4.69, 9.17) is 5.14 Å². The van der Waals surface area contributed by atoms with Crippen LogP contribution in [0.25, 0.3) is 0 Å². The van der Waals surface area contributed by atoms with Gasteiger partial charge in [-0.25, -0.2) is 13.6 Å². The molecule has 6 heteroatoms. The number of amides is 1. The van der Waals surface area contributed by atoms with Crippen LogP contribution in [0.3, 0.4) is 0 Å². The van der Waals surface area contributed by atoms with Gasteiger partial charge in [0.05, 0.1) is 4.90 Å². The SMILES string of the molecule is Cc1cc(C)c(S(N)(=O)=O)cc1C(=O)N1CCCCC1. The molecule has 5 nitrogen and oxygen atoms in total. The summed E-state index contributed by atoms with van der Waals surface area (Å²) in [6.07, 6.45) is 3.14. The Balaban J connectivity index is 2.43. The van der Waals surface area contributed by atoms with Gasteiger partial charge in [0.15, 0.2) is 0 Å². The molecule has 1 aliphatic rings. The predicted octanol–water partition coefficient (Wildman–Crippen LogP) is 1.58. The van der Waals surface area contributed by atoms with E-state index in [1.165, 1.54) is 6.07 Å². The van der Waals surface area contributed by atoms with Crippen molar-refractivity contribution in [3.8, 4) is 0 Å². The Morgan fingerprint density at radius 3 is 2.25 bits per heavy atom. The van der Waals surface area contributed by atoms with E-state index in [0.717, 1.165) is 37.9 Å². The third kappa shape index (κ3) is 3.02. The summed E-state index contributed by atoms with van der Waals surface area (Å²) in [4.78, 5) is 14.3. The lowest BCUT2D eigenvalue weighted by molar-refractivity contribution is 0.0723. The Morgan fingerprint density at radius 2 is 1.70 bits per heavy atom. The first-order valence-corrected chi connectivity index (χ1v) is 8.28. The number of nitrogens with two attached hydrogens (primary N) is 1. The van der Waals surface area contributed by atoms with E-state index in [1.807, 2.05) is 6.92 Å². The summed E-state index contributed by atoms with van der Waals surface area (Å²) >= 11 is 0. The van der Waals surface area contributed by atoms with Crippen molar-refractivity contribution in [1.29, 1.82) is 0 Å². The summed E-state index contributed by atoms with van der Waals surface area (Å²) in [7, 11) is -3.81. The van der Waals surface area contributed by atoms with Gasteiger partial charge in [0.2, 0.25) is 10.0 Å². The van der Waals surface area contributed by atoms with Gasteiger partial charge in [-0.1, -0.05) is 6.07 Å². The van der Waals surface area contributed by atoms with E-state index in [2.05, 4.69) is 0 Å². The van der Waals surface area contributed by atoms with Crippen LogP contribution < -0.4 is 5.14 Å². The number of hydrogen-bond donors (Lipinski definition) is 1. The molecule has 0 saturated carbocycles. The van der Waals surface area contributed by atoms with Gasteiger partial charge in [0, 0.05) is 18.7 Å². The van der Waals surface area contributed by atoms with E-state index in [1.54, 1.807) is 17.9 Å². The van der Waals surface area contributed by atoms with Crippen LogP contribution in [-0.2, 0) is 10.0 Å². The number of hydrogen-bond acceptors (Lipinski definition) is 3. The Kier molecular flexibility index (Phi) is 4.15. The van der Waals surface area contributed by atoms with Crippen LogP contribution in [-0.4, -0.2) is 32.3 Å². The number of benzene rings is 1. The van der Waals surface area contributed by atoms with Crippen molar-refractivity contribution in [2.45, 2.75) is 38.0 Å². The minimum Gasteiger partial charge on any atom is -0.339 e. The number of rotatable bonds is 2. The summed E-state index contributed by atoms with van der Waals surface area (Å²) in [5, 5.41) is 5.20. The highest BCUT2D eigenvalue weighted by Gasteiger charge is 2.22. The largest absolute Gasteiger partial charge is 0.339 e. The highest BCUT2D eigenvalue weighted by molar-refractivity contribution is 7.89.